The molecule has 0 heterocycles. The number of hydrogen-bond donors (Lipinski definition) is 2. The largest absolute Gasteiger partial charge is 0.446 e. The van der Waals surface area contributed by atoms with Gasteiger partial charge < -0.3 is 4.74 Å². The number of hydrogen-bond acceptors (Lipinski definition) is 4. The van der Waals surface area contributed by atoms with E-state index in [-0.39, 0.29) is 17.3 Å². The van der Waals surface area contributed by atoms with Crippen LogP contribution >= 0.6 is 11.6 Å². The summed E-state index contributed by atoms with van der Waals surface area (Å²) in [6.07, 6.45) is -0.755. The summed E-state index contributed by atoms with van der Waals surface area (Å²) in [7, 11) is -3.94. The molecule has 6 nitrogen and oxygen atoms in total. The van der Waals surface area contributed by atoms with E-state index in [1.807, 2.05) is 20.8 Å². The lowest BCUT2D eigenvalue weighted by molar-refractivity contribution is 0.121. The highest BCUT2D eigenvalue weighted by atomic mass is 35.5. The van der Waals surface area contributed by atoms with E-state index in [9.17, 15) is 13.2 Å². The molecule has 0 bridgehead atoms. The molecule has 0 aromatic carbocycles. The Morgan fingerprint density at radius 2 is 1.84 bits per heavy atom. The number of rotatable bonds is 6. The van der Waals surface area contributed by atoms with Gasteiger partial charge in [0.05, 0.1) is 6.10 Å². The first-order chi connectivity index (χ1) is 8.41. The Bertz CT molecular complexity index is 390. The van der Waals surface area contributed by atoms with Crippen LogP contribution in [-0.2, 0) is 14.9 Å². The van der Waals surface area contributed by atoms with Crippen LogP contribution in [0.2, 0.25) is 0 Å². The highest BCUT2D eigenvalue weighted by molar-refractivity contribution is 7.88. The number of amides is 1. The van der Waals surface area contributed by atoms with Crippen LogP contribution in [0, 0.1) is 5.41 Å². The fourth-order valence-electron chi connectivity index (χ4n) is 1.32. The van der Waals surface area contributed by atoms with Gasteiger partial charge in [-0.05, 0) is 25.7 Å². The lowest BCUT2D eigenvalue weighted by Crippen LogP contribution is -2.43. The van der Waals surface area contributed by atoms with Crippen molar-refractivity contribution in [1.82, 2.24) is 9.44 Å². The van der Waals surface area contributed by atoms with Gasteiger partial charge in [-0.2, -0.15) is 13.1 Å². The molecule has 2 N–H and O–H groups in total. The summed E-state index contributed by atoms with van der Waals surface area (Å²) in [4.78, 5) is 11.2. The molecule has 114 valence electrons. The maximum atomic E-state index is 11.5. The molecular formula is C11H23ClN2O4S. The lowest BCUT2D eigenvalue weighted by Gasteiger charge is -2.22. The van der Waals surface area contributed by atoms with Crippen LogP contribution in [0.25, 0.3) is 0 Å². The Balaban J connectivity index is 4.21. The lowest BCUT2D eigenvalue weighted by atomic mass is 9.90. The van der Waals surface area contributed by atoms with Gasteiger partial charge in [-0.3, -0.25) is 0 Å². The molecule has 19 heavy (non-hydrogen) atoms. The van der Waals surface area contributed by atoms with E-state index >= 15 is 0 Å². The van der Waals surface area contributed by atoms with Gasteiger partial charge in [-0.1, -0.05) is 20.8 Å². The Labute approximate surface area is 120 Å². The van der Waals surface area contributed by atoms with Crippen LogP contribution in [0.3, 0.4) is 0 Å². The molecule has 8 heteroatoms. The zero-order valence-electron chi connectivity index (χ0n) is 12.0. The summed E-state index contributed by atoms with van der Waals surface area (Å²) >= 11 is 6.02. The molecular weight excluding hydrogens is 292 g/mol. The van der Waals surface area contributed by atoms with Crippen molar-refractivity contribution in [3.05, 3.63) is 0 Å². The smallest absolute Gasteiger partial charge is 0.422 e. The molecule has 1 atom stereocenters. The third kappa shape index (κ3) is 11.0. The summed E-state index contributed by atoms with van der Waals surface area (Å²) in [5.74, 6) is 0. The Hall–Kier alpha value is -0.530. The fraction of sp³-hybridized carbons (Fsp3) is 0.909. The second-order valence-electron chi connectivity index (χ2n) is 5.77. The first-order valence-electron chi connectivity index (χ1n) is 6.03. The summed E-state index contributed by atoms with van der Waals surface area (Å²) in [6, 6.07) is 0. The number of carbonyl (C=O) groups excluding carboxylic acids is 1. The highest BCUT2D eigenvalue weighted by Gasteiger charge is 2.20. The maximum absolute atomic E-state index is 11.5. The SMILES string of the molecule is CC(C)OC(=O)NS(=O)(=O)NCC(Cl)CC(C)(C)C. The standard InChI is InChI=1S/C11H23ClN2O4S/c1-8(2)18-10(15)14-19(16,17)13-7-9(12)6-11(3,4)5/h8-9,13H,6-7H2,1-5H3,(H,14,15). The maximum Gasteiger partial charge on any atom is 0.422 e. The van der Waals surface area contributed by atoms with Crippen molar-refractivity contribution >= 4 is 27.9 Å². The first kappa shape index (κ1) is 18.5. The molecule has 0 aliphatic rings. The minimum absolute atomic E-state index is 0.00185. The van der Waals surface area contributed by atoms with Crippen LogP contribution < -0.4 is 9.44 Å². The number of ether oxygens (including phenoxy) is 1. The predicted molar refractivity (Wildman–Crippen MR) is 75.4 cm³/mol. The monoisotopic (exact) mass is 314 g/mol. The van der Waals surface area contributed by atoms with Gasteiger partial charge in [0.15, 0.2) is 0 Å². The summed E-state index contributed by atoms with van der Waals surface area (Å²) in [5, 5.41) is -0.349. The molecule has 0 radical (unpaired) electrons. The number of alkyl halides is 1. The minimum Gasteiger partial charge on any atom is -0.446 e. The zero-order chi connectivity index (χ0) is 15.3. The molecule has 0 aliphatic carbocycles. The third-order valence-corrected chi connectivity index (χ3v) is 3.18. The van der Waals surface area contributed by atoms with Gasteiger partial charge in [0.1, 0.15) is 0 Å². The highest BCUT2D eigenvalue weighted by Crippen LogP contribution is 2.23. The number of halogens is 1. The van der Waals surface area contributed by atoms with Crippen LogP contribution in [0.5, 0.6) is 0 Å². The molecule has 1 amide bonds. The Morgan fingerprint density at radius 1 is 1.32 bits per heavy atom. The molecule has 0 aliphatic heterocycles. The first-order valence-corrected chi connectivity index (χ1v) is 7.95. The number of carbonyl (C=O) groups is 1. The quantitative estimate of drug-likeness (QED) is 0.734. The van der Waals surface area contributed by atoms with Gasteiger partial charge in [-0.25, -0.2) is 9.52 Å². The van der Waals surface area contributed by atoms with Gasteiger partial charge in [0.2, 0.25) is 0 Å². The van der Waals surface area contributed by atoms with Crippen molar-refractivity contribution in [2.75, 3.05) is 6.54 Å². The van der Waals surface area contributed by atoms with E-state index in [0.717, 1.165) is 0 Å². The van der Waals surface area contributed by atoms with E-state index in [1.165, 1.54) is 0 Å². The van der Waals surface area contributed by atoms with E-state index in [1.54, 1.807) is 18.6 Å². The van der Waals surface area contributed by atoms with Crippen LogP contribution in [0.4, 0.5) is 4.79 Å². The van der Waals surface area contributed by atoms with Crippen molar-refractivity contribution in [2.45, 2.75) is 52.5 Å². The van der Waals surface area contributed by atoms with E-state index in [0.29, 0.717) is 6.42 Å². The molecule has 0 saturated carbocycles. The van der Waals surface area contributed by atoms with E-state index in [2.05, 4.69) is 9.46 Å². The summed E-state index contributed by atoms with van der Waals surface area (Å²) in [5.41, 5.74) is 0.00185. The molecule has 0 aromatic heterocycles. The van der Waals surface area contributed by atoms with Crippen LogP contribution in [-0.4, -0.2) is 32.5 Å². The minimum atomic E-state index is -3.94. The van der Waals surface area contributed by atoms with Crippen molar-refractivity contribution in [1.29, 1.82) is 0 Å². The predicted octanol–water partition coefficient (Wildman–Crippen LogP) is 2.00. The molecule has 0 saturated heterocycles. The van der Waals surface area contributed by atoms with Gasteiger partial charge in [-0.15, -0.1) is 11.6 Å². The van der Waals surface area contributed by atoms with E-state index < -0.39 is 22.4 Å². The van der Waals surface area contributed by atoms with Crippen LogP contribution in [0.15, 0.2) is 0 Å². The topological polar surface area (TPSA) is 84.5 Å². The molecule has 0 spiro atoms. The Morgan fingerprint density at radius 3 is 2.26 bits per heavy atom. The molecule has 0 rings (SSSR count). The summed E-state index contributed by atoms with van der Waals surface area (Å²) in [6.45, 7) is 9.32. The third-order valence-electron chi connectivity index (χ3n) is 1.89. The average Bonchev–Trinajstić information content (AvgIpc) is 2.09. The fourth-order valence-corrected chi connectivity index (χ4v) is 2.71. The van der Waals surface area contributed by atoms with Crippen molar-refractivity contribution in [2.24, 2.45) is 5.41 Å². The molecule has 0 aromatic rings. The second-order valence-corrected chi connectivity index (χ2v) is 7.89. The Kier molecular flexibility index (Phi) is 7.10. The average molecular weight is 315 g/mol. The normalized spacial score (nSPS) is 14.3. The van der Waals surface area contributed by atoms with E-state index in [4.69, 9.17) is 11.6 Å². The molecule has 1 unspecified atom stereocenters. The van der Waals surface area contributed by atoms with Crippen molar-refractivity contribution in [3.63, 3.8) is 0 Å². The zero-order valence-corrected chi connectivity index (χ0v) is 13.6. The van der Waals surface area contributed by atoms with Crippen molar-refractivity contribution in [3.8, 4) is 0 Å². The summed E-state index contributed by atoms with van der Waals surface area (Å²) < 4.78 is 31.7. The van der Waals surface area contributed by atoms with Crippen molar-refractivity contribution < 1.29 is 17.9 Å². The second kappa shape index (κ2) is 7.31. The molecule has 0 fully saturated rings. The van der Waals surface area contributed by atoms with Gasteiger partial charge in [0.25, 0.3) is 0 Å². The van der Waals surface area contributed by atoms with Gasteiger partial charge in [0, 0.05) is 11.9 Å². The number of nitrogens with one attached hydrogen (secondary N) is 2. The van der Waals surface area contributed by atoms with Crippen LogP contribution in [0.1, 0.15) is 41.0 Å². The van der Waals surface area contributed by atoms with Gasteiger partial charge >= 0.3 is 16.3 Å².